The Bertz CT molecular complexity index is 746. The molecule has 0 saturated carbocycles. The minimum atomic E-state index is -1.31. The van der Waals surface area contributed by atoms with Crippen molar-refractivity contribution < 1.29 is 33.8 Å². The molecule has 2 atom stereocenters. The third-order valence-corrected chi connectivity index (χ3v) is 5.35. The summed E-state index contributed by atoms with van der Waals surface area (Å²) in [5, 5.41) is 13.6. The van der Waals surface area contributed by atoms with Gasteiger partial charge < -0.3 is 19.9 Å². The van der Waals surface area contributed by atoms with Gasteiger partial charge in [0.15, 0.2) is 5.11 Å². The second-order valence-electron chi connectivity index (χ2n) is 5.51. The Hall–Kier alpha value is -1.76. The van der Waals surface area contributed by atoms with E-state index in [2.05, 4.69) is 15.4 Å². The van der Waals surface area contributed by atoms with Gasteiger partial charge in [-0.25, -0.2) is 9.59 Å². The summed E-state index contributed by atoms with van der Waals surface area (Å²) in [6, 6.07) is -0.837. The Balaban J connectivity index is 1.99. The number of carbonyl (C=O) groups is 4. The van der Waals surface area contributed by atoms with Crippen molar-refractivity contribution in [1.82, 2.24) is 15.5 Å². The van der Waals surface area contributed by atoms with Gasteiger partial charge >= 0.3 is 18.0 Å². The maximum Gasteiger partial charge on any atom is 0.413 e. The number of alkyl halides is 2. The number of fused-ring (bicyclic) bond motifs is 1. The van der Waals surface area contributed by atoms with Gasteiger partial charge in [-0.2, -0.15) is 0 Å². The van der Waals surface area contributed by atoms with Gasteiger partial charge in [0.25, 0.3) is 5.91 Å². The van der Waals surface area contributed by atoms with E-state index < -0.39 is 40.2 Å². The van der Waals surface area contributed by atoms with Crippen LogP contribution in [0.25, 0.3) is 0 Å². The molecule has 2 aliphatic rings. The third-order valence-electron chi connectivity index (χ3n) is 3.54. The number of carboxylic acids is 1. The number of hydrogen-bond donors (Lipinski definition) is 3. The van der Waals surface area contributed by atoms with Crippen LogP contribution in [0, 0.1) is 0 Å². The lowest BCUT2D eigenvalue weighted by atomic mass is 10.0. The van der Waals surface area contributed by atoms with Gasteiger partial charge in [-0.1, -0.05) is 0 Å². The SMILES string of the molecule is CC(=O)OCC1=C(C(=O)O)N2C(=O)C(NC(=S)NC(=O)OCC(Cl)Cl)[C@H]2SC1. The zero-order chi connectivity index (χ0) is 21.0. The first-order valence-corrected chi connectivity index (χ1v) is 10.0. The first-order valence-electron chi connectivity index (χ1n) is 7.67. The number of nitrogens with zero attached hydrogens (tertiary/aromatic N) is 1. The maximum atomic E-state index is 12.4. The first-order chi connectivity index (χ1) is 13.1. The van der Waals surface area contributed by atoms with E-state index in [9.17, 15) is 24.3 Å². The molecule has 0 spiro atoms. The van der Waals surface area contributed by atoms with Crippen LogP contribution in [-0.4, -0.2) is 74.3 Å². The van der Waals surface area contributed by atoms with Crippen LogP contribution in [0.2, 0.25) is 0 Å². The fourth-order valence-corrected chi connectivity index (χ4v) is 4.09. The fourth-order valence-electron chi connectivity index (χ4n) is 2.43. The molecule has 1 unspecified atom stereocenters. The van der Waals surface area contributed by atoms with Crippen LogP contribution >= 0.6 is 47.2 Å². The van der Waals surface area contributed by atoms with E-state index in [1.165, 1.54) is 18.7 Å². The van der Waals surface area contributed by atoms with Crippen molar-refractivity contribution in [2.45, 2.75) is 23.2 Å². The molecule has 2 heterocycles. The molecule has 10 nitrogen and oxygen atoms in total. The van der Waals surface area contributed by atoms with E-state index >= 15 is 0 Å². The highest BCUT2D eigenvalue weighted by Gasteiger charge is 2.54. The predicted octanol–water partition coefficient (Wildman–Crippen LogP) is 0.576. The number of thiocarbonyl (C=S) groups is 1. The van der Waals surface area contributed by atoms with E-state index in [0.717, 1.165) is 4.90 Å². The molecule has 3 N–H and O–H groups in total. The summed E-state index contributed by atoms with van der Waals surface area (Å²) in [7, 11) is 0. The average molecular weight is 472 g/mol. The summed E-state index contributed by atoms with van der Waals surface area (Å²) in [5.74, 6) is -2.16. The molecule has 0 aromatic rings. The number of rotatable bonds is 6. The molecule has 0 aromatic heterocycles. The van der Waals surface area contributed by atoms with Crippen LogP contribution < -0.4 is 10.6 Å². The number of carbonyl (C=O) groups excluding carboxylic acids is 3. The quantitative estimate of drug-likeness (QED) is 0.218. The maximum absolute atomic E-state index is 12.4. The van der Waals surface area contributed by atoms with Crippen LogP contribution in [0.1, 0.15) is 6.92 Å². The monoisotopic (exact) mass is 471 g/mol. The van der Waals surface area contributed by atoms with E-state index in [1.54, 1.807) is 0 Å². The number of halogens is 2. The third kappa shape index (κ3) is 5.40. The molecule has 0 aliphatic carbocycles. The fraction of sp³-hybridized carbons (Fsp3) is 0.500. The highest BCUT2D eigenvalue weighted by atomic mass is 35.5. The molecule has 2 rings (SSSR count). The molecular formula is C14H15Cl2N3O7S2. The van der Waals surface area contributed by atoms with Gasteiger partial charge in [0.2, 0.25) is 0 Å². The molecule has 2 amide bonds. The molecule has 1 fully saturated rings. The van der Waals surface area contributed by atoms with Crippen molar-refractivity contribution in [1.29, 1.82) is 0 Å². The zero-order valence-corrected chi connectivity index (χ0v) is 17.4. The second-order valence-corrected chi connectivity index (χ2v) is 8.30. The van der Waals surface area contributed by atoms with Crippen molar-refractivity contribution in [3.8, 4) is 0 Å². The Labute approximate surface area is 178 Å². The van der Waals surface area contributed by atoms with Gasteiger partial charge in [0.05, 0.1) is 0 Å². The lowest BCUT2D eigenvalue weighted by Gasteiger charge is -2.49. The molecular weight excluding hydrogens is 457 g/mol. The number of ether oxygens (including phenoxy) is 2. The molecule has 1 saturated heterocycles. The van der Waals surface area contributed by atoms with Gasteiger partial charge in [0, 0.05) is 18.2 Å². The summed E-state index contributed by atoms with van der Waals surface area (Å²) in [5.41, 5.74) is 0.0957. The van der Waals surface area contributed by atoms with Gasteiger partial charge in [0.1, 0.15) is 35.2 Å². The molecule has 0 radical (unpaired) electrons. The molecule has 0 aromatic carbocycles. The second kappa shape index (κ2) is 9.63. The number of aliphatic carboxylic acids is 1. The summed E-state index contributed by atoms with van der Waals surface area (Å²) in [4.78, 5) is 46.7. The van der Waals surface area contributed by atoms with Crippen molar-refractivity contribution in [3.05, 3.63) is 11.3 Å². The summed E-state index contributed by atoms with van der Waals surface area (Å²) in [6.07, 6.45) is -0.904. The number of amides is 2. The smallest absolute Gasteiger partial charge is 0.413 e. The minimum Gasteiger partial charge on any atom is -0.477 e. The van der Waals surface area contributed by atoms with Crippen LogP contribution in [-0.2, 0) is 23.9 Å². The molecule has 154 valence electrons. The Kier molecular flexibility index (Phi) is 7.75. The van der Waals surface area contributed by atoms with Crippen LogP contribution in [0.15, 0.2) is 11.3 Å². The Morgan fingerprint density at radius 2 is 2.07 bits per heavy atom. The van der Waals surface area contributed by atoms with Crippen molar-refractivity contribution in [2.75, 3.05) is 19.0 Å². The topological polar surface area (TPSA) is 134 Å². The lowest BCUT2D eigenvalue weighted by molar-refractivity contribution is -0.148. The highest BCUT2D eigenvalue weighted by molar-refractivity contribution is 8.00. The van der Waals surface area contributed by atoms with Crippen LogP contribution in [0.5, 0.6) is 0 Å². The van der Waals surface area contributed by atoms with E-state index in [4.69, 9.17) is 40.2 Å². The number of β-lactam (4-membered cyclic amide) rings is 1. The summed E-state index contributed by atoms with van der Waals surface area (Å²) < 4.78 is 9.53. The van der Waals surface area contributed by atoms with E-state index in [0.29, 0.717) is 5.57 Å². The molecule has 0 bridgehead atoms. The first kappa shape index (κ1) is 22.5. The van der Waals surface area contributed by atoms with Crippen LogP contribution in [0.3, 0.4) is 0 Å². The summed E-state index contributed by atoms with van der Waals surface area (Å²) >= 11 is 17.1. The number of nitrogens with one attached hydrogen (secondary N) is 2. The predicted molar refractivity (Wildman–Crippen MR) is 104 cm³/mol. The highest BCUT2D eigenvalue weighted by Crippen LogP contribution is 2.40. The molecule has 14 heteroatoms. The van der Waals surface area contributed by atoms with Gasteiger partial charge in [-0.3, -0.25) is 19.8 Å². The van der Waals surface area contributed by atoms with Crippen molar-refractivity contribution in [2.24, 2.45) is 0 Å². The number of hydrogen-bond acceptors (Lipinski definition) is 8. The number of carboxylic acid groups (broad SMARTS) is 1. The van der Waals surface area contributed by atoms with Crippen molar-refractivity contribution >= 4 is 76.2 Å². The lowest BCUT2D eigenvalue weighted by Crippen LogP contribution is -2.71. The summed E-state index contributed by atoms with van der Waals surface area (Å²) in [6.45, 7) is 0.741. The number of esters is 1. The standard InChI is InChI=1S/C14H15Cl2N3O7S2/c1-5(20)25-2-6-4-28-11-8(10(21)19(11)9(6)12(22)23)17-13(27)18-14(24)26-3-7(15)16/h7-8,11H,2-4H2,1H3,(H,22,23)(H2,17,18,24,27)/t8?,11-/m1/s1. The Morgan fingerprint density at radius 1 is 1.39 bits per heavy atom. The zero-order valence-electron chi connectivity index (χ0n) is 14.3. The molecule has 28 heavy (non-hydrogen) atoms. The number of thioether (sulfide) groups is 1. The van der Waals surface area contributed by atoms with Gasteiger partial charge in [-0.05, 0) is 12.2 Å². The van der Waals surface area contributed by atoms with Crippen LogP contribution in [0.4, 0.5) is 4.79 Å². The van der Waals surface area contributed by atoms with Gasteiger partial charge in [-0.15, -0.1) is 35.0 Å². The minimum absolute atomic E-state index is 0.171. The Morgan fingerprint density at radius 3 is 2.64 bits per heavy atom. The average Bonchev–Trinajstić information content (AvgIpc) is 2.61. The van der Waals surface area contributed by atoms with E-state index in [1.807, 2.05) is 0 Å². The van der Waals surface area contributed by atoms with E-state index in [-0.39, 0.29) is 29.8 Å². The largest absolute Gasteiger partial charge is 0.477 e. The normalized spacial score (nSPS) is 20.9. The van der Waals surface area contributed by atoms with Crippen molar-refractivity contribution in [3.63, 3.8) is 0 Å². The molecule has 2 aliphatic heterocycles. The number of alkyl carbamates (subject to hydrolysis) is 1.